The van der Waals surface area contributed by atoms with Crippen molar-refractivity contribution in [1.82, 2.24) is 4.90 Å². The minimum atomic E-state index is 0. The average molecular weight is 229 g/mol. The Morgan fingerprint density at radius 1 is 1.54 bits per heavy atom. The van der Waals surface area contributed by atoms with Crippen molar-refractivity contribution in [2.45, 2.75) is 6.10 Å². The highest BCUT2D eigenvalue weighted by molar-refractivity contribution is 5.85. The van der Waals surface area contributed by atoms with Crippen LogP contribution >= 0.6 is 24.8 Å². The molecule has 0 spiro atoms. The molecule has 1 rings (SSSR count). The second kappa shape index (κ2) is 8.78. The van der Waals surface area contributed by atoms with Crippen molar-refractivity contribution in [2.24, 2.45) is 5.73 Å². The number of ether oxygens (including phenoxy) is 1. The molecule has 1 heterocycles. The molecule has 0 saturated carbocycles. The lowest BCUT2D eigenvalue weighted by Crippen LogP contribution is -2.45. The number of rotatable bonds is 3. The molecule has 0 bridgehead atoms. The van der Waals surface area contributed by atoms with Crippen LogP contribution in [0.5, 0.6) is 0 Å². The molecule has 0 amide bonds. The van der Waals surface area contributed by atoms with E-state index in [2.05, 4.69) is 11.5 Å². The van der Waals surface area contributed by atoms with Gasteiger partial charge in [-0.05, 0) is 0 Å². The van der Waals surface area contributed by atoms with Crippen molar-refractivity contribution in [3.05, 3.63) is 12.7 Å². The molecule has 1 aliphatic heterocycles. The molecule has 0 aromatic heterocycles. The van der Waals surface area contributed by atoms with Crippen LogP contribution in [0.4, 0.5) is 0 Å². The van der Waals surface area contributed by atoms with Crippen LogP contribution in [0.15, 0.2) is 12.7 Å². The lowest BCUT2D eigenvalue weighted by Gasteiger charge is -2.31. The maximum Gasteiger partial charge on any atom is 0.0824 e. The number of hydrogen-bond donors (Lipinski definition) is 1. The minimum Gasteiger partial charge on any atom is -0.374 e. The zero-order valence-electron chi connectivity index (χ0n) is 7.65. The van der Waals surface area contributed by atoms with E-state index in [1.807, 2.05) is 6.08 Å². The van der Waals surface area contributed by atoms with Gasteiger partial charge >= 0.3 is 0 Å². The average Bonchev–Trinajstić information content (AvgIpc) is 2.06. The standard InChI is InChI=1S/C8H16N2O.2ClH/c1-2-3-10-4-5-11-8(6-9)7-10;;/h2,8H,1,3-7,9H2;2*1H. The Kier molecular flexibility index (Phi) is 10.6. The summed E-state index contributed by atoms with van der Waals surface area (Å²) in [6.45, 7) is 8.01. The van der Waals surface area contributed by atoms with E-state index in [0.717, 1.165) is 26.2 Å². The number of nitrogens with zero attached hydrogens (tertiary/aromatic N) is 1. The van der Waals surface area contributed by atoms with Crippen LogP contribution in [0.2, 0.25) is 0 Å². The first-order valence-corrected chi connectivity index (χ1v) is 4.01. The van der Waals surface area contributed by atoms with Gasteiger partial charge in [-0.15, -0.1) is 31.4 Å². The van der Waals surface area contributed by atoms with Crippen LogP contribution in [-0.4, -0.2) is 43.8 Å². The van der Waals surface area contributed by atoms with E-state index in [4.69, 9.17) is 10.5 Å². The Balaban J connectivity index is 0. The van der Waals surface area contributed by atoms with E-state index in [9.17, 15) is 0 Å². The van der Waals surface area contributed by atoms with E-state index in [-0.39, 0.29) is 30.9 Å². The fourth-order valence-corrected chi connectivity index (χ4v) is 1.27. The van der Waals surface area contributed by atoms with Gasteiger partial charge in [0, 0.05) is 26.2 Å². The van der Waals surface area contributed by atoms with Gasteiger partial charge in [0.2, 0.25) is 0 Å². The summed E-state index contributed by atoms with van der Waals surface area (Å²) in [6.07, 6.45) is 2.14. The van der Waals surface area contributed by atoms with Gasteiger partial charge in [0.05, 0.1) is 12.7 Å². The normalized spacial score (nSPS) is 22.7. The van der Waals surface area contributed by atoms with Gasteiger partial charge in [-0.25, -0.2) is 0 Å². The second-order valence-electron chi connectivity index (χ2n) is 2.78. The molecule has 3 nitrogen and oxygen atoms in total. The summed E-state index contributed by atoms with van der Waals surface area (Å²) < 4.78 is 5.40. The summed E-state index contributed by atoms with van der Waals surface area (Å²) in [5.41, 5.74) is 5.48. The molecule has 80 valence electrons. The molecule has 0 aliphatic carbocycles. The van der Waals surface area contributed by atoms with E-state index in [1.165, 1.54) is 0 Å². The Morgan fingerprint density at radius 3 is 2.77 bits per heavy atom. The Bertz CT molecular complexity index is 135. The van der Waals surface area contributed by atoms with E-state index in [1.54, 1.807) is 0 Å². The van der Waals surface area contributed by atoms with Crippen molar-refractivity contribution < 1.29 is 4.74 Å². The van der Waals surface area contributed by atoms with Crippen LogP contribution < -0.4 is 5.73 Å². The van der Waals surface area contributed by atoms with Crippen molar-refractivity contribution in [3.8, 4) is 0 Å². The molecular formula is C8H18Cl2N2O. The second-order valence-corrected chi connectivity index (χ2v) is 2.78. The fraction of sp³-hybridized carbons (Fsp3) is 0.750. The van der Waals surface area contributed by atoms with Crippen LogP contribution in [0, 0.1) is 0 Å². The van der Waals surface area contributed by atoms with Crippen molar-refractivity contribution in [2.75, 3.05) is 32.8 Å². The first-order chi connectivity index (χ1) is 5.36. The molecule has 0 aromatic carbocycles. The maximum atomic E-state index is 5.48. The Hall–Kier alpha value is 0.200. The Labute approximate surface area is 92.1 Å². The molecular weight excluding hydrogens is 211 g/mol. The van der Waals surface area contributed by atoms with Gasteiger partial charge in [0.1, 0.15) is 0 Å². The molecule has 1 saturated heterocycles. The zero-order valence-corrected chi connectivity index (χ0v) is 9.28. The summed E-state index contributed by atoms with van der Waals surface area (Å²) in [6, 6.07) is 0. The van der Waals surface area contributed by atoms with Gasteiger partial charge < -0.3 is 10.5 Å². The van der Waals surface area contributed by atoms with Crippen molar-refractivity contribution in [1.29, 1.82) is 0 Å². The van der Waals surface area contributed by atoms with Crippen LogP contribution in [0.3, 0.4) is 0 Å². The van der Waals surface area contributed by atoms with E-state index in [0.29, 0.717) is 6.54 Å². The summed E-state index contributed by atoms with van der Waals surface area (Å²) in [4.78, 5) is 2.30. The first kappa shape index (κ1) is 15.7. The van der Waals surface area contributed by atoms with Gasteiger partial charge in [0.25, 0.3) is 0 Å². The van der Waals surface area contributed by atoms with Crippen LogP contribution in [0.1, 0.15) is 0 Å². The molecule has 0 aromatic rings. The third-order valence-electron chi connectivity index (χ3n) is 1.87. The lowest BCUT2D eigenvalue weighted by atomic mass is 10.3. The number of morpholine rings is 1. The summed E-state index contributed by atoms with van der Waals surface area (Å²) in [7, 11) is 0. The fourth-order valence-electron chi connectivity index (χ4n) is 1.27. The van der Waals surface area contributed by atoms with E-state index < -0.39 is 0 Å². The topological polar surface area (TPSA) is 38.5 Å². The minimum absolute atomic E-state index is 0. The third kappa shape index (κ3) is 5.49. The van der Waals surface area contributed by atoms with Gasteiger partial charge in [-0.1, -0.05) is 6.08 Å². The summed E-state index contributed by atoms with van der Waals surface area (Å²) in [5, 5.41) is 0. The quantitative estimate of drug-likeness (QED) is 0.723. The third-order valence-corrected chi connectivity index (χ3v) is 1.87. The Morgan fingerprint density at radius 2 is 2.23 bits per heavy atom. The molecule has 1 unspecified atom stereocenters. The predicted octanol–water partition coefficient (Wildman–Crippen LogP) is 0.675. The highest BCUT2D eigenvalue weighted by atomic mass is 35.5. The lowest BCUT2D eigenvalue weighted by molar-refractivity contribution is -0.0190. The largest absolute Gasteiger partial charge is 0.374 e. The van der Waals surface area contributed by atoms with Crippen molar-refractivity contribution >= 4 is 24.8 Å². The van der Waals surface area contributed by atoms with Crippen LogP contribution in [0.25, 0.3) is 0 Å². The van der Waals surface area contributed by atoms with Crippen molar-refractivity contribution in [3.63, 3.8) is 0 Å². The SMILES string of the molecule is C=CCN1CCOC(CN)C1.Cl.Cl. The molecule has 13 heavy (non-hydrogen) atoms. The number of nitrogens with two attached hydrogens (primary N) is 1. The van der Waals surface area contributed by atoms with Gasteiger partial charge in [-0.3, -0.25) is 4.90 Å². The maximum absolute atomic E-state index is 5.48. The number of hydrogen-bond acceptors (Lipinski definition) is 3. The van der Waals surface area contributed by atoms with E-state index >= 15 is 0 Å². The molecule has 1 atom stereocenters. The molecule has 5 heteroatoms. The first-order valence-electron chi connectivity index (χ1n) is 4.01. The number of halogens is 2. The molecule has 1 fully saturated rings. The van der Waals surface area contributed by atoms with Gasteiger partial charge in [-0.2, -0.15) is 0 Å². The zero-order chi connectivity index (χ0) is 8.10. The van der Waals surface area contributed by atoms with Crippen LogP contribution in [-0.2, 0) is 4.74 Å². The molecule has 1 aliphatic rings. The monoisotopic (exact) mass is 228 g/mol. The highest BCUT2D eigenvalue weighted by Crippen LogP contribution is 2.02. The van der Waals surface area contributed by atoms with Gasteiger partial charge in [0.15, 0.2) is 0 Å². The molecule has 2 N–H and O–H groups in total. The predicted molar refractivity (Wildman–Crippen MR) is 59.9 cm³/mol. The smallest absolute Gasteiger partial charge is 0.0824 e. The summed E-state index contributed by atoms with van der Waals surface area (Å²) in [5.74, 6) is 0. The molecule has 0 radical (unpaired) electrons. The highest BCUT2D eigenvalue weighted by Gasteiger charge is 2.17. The summed E-state index contributed by atoms with van der Waals surface area (Å²) >= 11 is 0.